The molecule has 0 unspecified atom stereocenters. The van der Waals surface area contributed by atoms with E-state index < -0.39 is 11.9 Å². The molecule has 132 valence electrons. The van der Waals surface area contributed by atoms with Crippen LogP contribution in [0.5, 0.6) is 0 Å². The van der Waals surface area contributed by atoms with Crippen molar-refractivity contribution in [2.45, 2.75) is 44.2 Å². The van der Waals surface area contributed by atoms with Crippen LogP contribution in [0, 0.1) is 23.7 Å². The average molecular weight is 343 g/mol. The zero-order valence-corrected chi connectivity index (χ0v) is 14.0. The highest BCUT2D eigenvalue weighted by molar-refractivity contribution is 5.93. The van der Waals surface area contributed by atoms with Crippen molar-refractivity contribution in [2.75, 3.05) is 6.61 Å². The lowest BCUT2D eigenvalue weighted by molar-refractivity contribution is -0.0785. The third-order valence-electron chi connectivity index (χ3n) is 6.37. The molecule has 3 aliphatic rings. The van der Waals surface area contributed by atoms with Crippen molar-refractivity contribution in [3.8, 4) is 0 Å². The highest BCUT2D eigenvalue weighted by Gasteiger charge is 2.57. The molecule has 2 saturated carbocycles. The number of pyridine rings is 1. The molecule has 0 bridgehead atoms. The van der Waals surface area contributed by atoms with Gasteiger partial charge in [0.2, 0.25) is 5.95 Å². The van der Waals surface area contributed by atoms with E-state index in [0.717, 1.165) is 13.0 Å². The van der Waals surface area contributed by atoms with Crippen molar-refractivity contribution >= 4 is 11.6 Å². The topological polar surface area (TPSA) is 55.6 Å². The van der Waals surface area contributed by atoms with Crippen molar-refractivity contribution in [3.05, 3.63) is 36.0 Å². The predicted octanol–water partition coefficient (Wildman–Crippen LogP) is 2.80. The maximum Gasteiger partial charge on any atom is 0.274 e. The minimum Gasteiger partial charge on any atom is -0.377 e. The van der Waals surface area contributed by atoms with Crippen molar-refractivity contribution in [3.63, 3.8) is 0 Å². The van der Waals surface area contributed by atoms with Gasteiger partial charge in [0.25, 0.3) is 5.91 Å². The normalized spacial score (nSPS) is 31.9. The highest BCUT2D eigenvalue weighted by Crippen LogP contribution is 2.51. The quantitative estimate of drug-likeness (QED) is 0.932. The number of amides is 1. The first-order valence-corrected chi connectivity index (χ1v) is 9.29. The smallest absolute Gasteiger partial charge is 0.274 e. The summed E-state index contributed by atoms with van der Waals surface area (Å²) in [4.78, 5) is 16.9. The van der Waals surface area contributed by atoms with Gasteiger partial charge >= 0.3 is 0 Å². The average Bonchev–Trinajstić information content (AvgIpc) is 3.34. The highest BCUT2D eigenvalue weighted by atomic mass is 19.1. The molecule has 5 nitrogen and oxygen atoms in total. The summed E-state index contributed by atoms with van der Waals surface area (Å²) < 4.78 is 21.8. The molecule has 3 fully saturated rings. The van der Waals surface area contributed by atoms with Gasteiger partial charge in [0.05, 0.1) is 6.10 Å². The maximum absolute atomic E-state index is 14.5. The van der Waals surface area contributed by atoms with Gasteiger partial charge in [0, 0.05) is 30.7 Å². The molecule has 4 atom stereocenters. The van der Waals surface area contributed by atoms with Crippen LogP contribution in [-0.2, 0) is 4.74 Å². The van der Waals surface area contributed by atoms with Crippen LogP contribution < -0.4 is 5.32 Å². The molecular formula is C19H22FN3O2. The second-order valence-corrected chi connectivity index (χ2v) is 7.59. The van der Waals surface area contributed by atoms with Gasteiger partial charge in [-0.25, -0.2) is 4.98 Å². The van der Waals surface area contributed by atoms with Crippen LogP contribution >= 0.6 is 0 Å². The third kappa shape index (κ3) is 2.30. The molecule has 1 saturated heterocycles. The predicted molar refractivity (Wildman–Crippen MR) is 89.7 cm³/mol. The lowest BCUT2D eigenvalue weighted by Crippen LogP contribution is -2.63. The Labute approximate surface area is 145 Å². The fourth-order valence-corrected chi connectivity index (χ4v) is 5.19. The summed E-state index contributed by atoms with van der Waals surface area (Å²) in [7, 11) is 0. The summed E-state index contributed by atoms with van der Waals surface area (Å²) in [5, 5.41) is 3.10. The Morgan fingerprint density at radius 3 is 2.92 bits per heavy atom. The summed E-state index contributed by atoms with van der Waals surface area (Å²) in [6.07, 6.45) is 7.80. The van der Waals surface area contributed by atoms with Crippen LogP contribution in [0.2, 0.25) is 0 Å². The fraction of sp³-hybridized carbons (Fsp3) is 0.579. The van der Waals surface area contributed by atoms with E-state index in [1.165, 1.54) is 30.1 Å². The summed E-state index contributed by atoms with van der Waals surface area (Å²) in [5.41, 5.74) is 0.340. The molecule has 0 spiro atoms. The van der Waals surface area contributed by atoms with Crippen molar-refractivity contribution in [1.29, 1.82) is 0 Å². The Balaban J connectivity index is 1.39. The standard InChI is InChI=1S/C19H22FN3O2/c20-18-16(21-13-7-3-4-9-23(13)18)19(24)22-15-12-8-10-25-17(12)14(15)11-5-1-2-6-11/h3-4,7,9,11-12,14-15,17H,1-2,5-6,8,10H2,(H,22,24)/t12-,14+,15-,17-/m0/s1. The van der Waals surface area contributed by atoms with Crippen LogP contribution in [-0.4, -0.2) is 34.0 Å². The number of halogens is 1. The van der Waals surface area contributed by atoms with Gasteiger partial charge in [0.15, 0.2) is 5.69 Å². The van der Waals surface area contributed by atoms with Crippen molar-refractivity contribution < 1.29 is 13.9 Å². The number of imidazole rings is 1. The lowest BCUT2D eigenvalue weighted by atomic mass is 9.61. The first-order valence-electron chi connectivity index (χ1n) is 9.29. The number of aromatic nitrogens is 2. The van der Waals surface area contributed by atoms with E-state index in [1.54, 1.807) is 24.4 Å². The first-order chi connectivity index (χ1) is 12.2. The van der Waals surface area contributed by atoms with E-state index in [0.29, 0.717) is 23.4 Å². The lowest BCUT2D eigenvalue weighted by Gasteiger charge is -2.50. The van der Waals surface area contributed by atoms with Crippen LogP contribution in [0.3, 0.4) is 0 Å². The van der Waals surface area contributed by atoms with E-state index in [2.05, 4.69) is 10.3 Å². The van der Waals surface area contributed by atoms with E-state index >= 15 is 0 Å². The second kappa shape index (κ2) is 5.80. The summed E-state index contributed by atoms with van der Waals surface area (Å²) >= 11 is 0. The summed E-state index contributed by atoms with van der Waals surface area (Å²) in [6, 6.07) is 5.30. The molecular weight excluding hydrogens is 321 g/mol. The number of nitrogens with one attached hydrogen (secondary N) is 1. The van der Waals surface area contributed by atoms with Crippen LogP contribution in [0.25, 0.3) is 5.65 Å². The minimum atomic E-state index is -0.593. The monoisotopic (exact) mass is 343 g/mol. The number of carbonyl (C=O) groups excluding carboxylic acids is 1. The SMILES string of the molecule is O=C(N[C@H]1[C@@H]2CCO[C@@H]2[C@@H]1C1CCCC1)c1nc2ccccn2c1F. The van der Waals surface area contributed by atoms with Crippen molar-refractivity contribution in [1.82, 2.24) is 14.7 Å². The Morgan fingerprint density at radius 2 is 2.12 bits per heavy atom. The van der Waals surface area contributed by atoms with Gasteiger partial charge in [0.1, 0.15) is 5.65 Å². The summed E-state index contributed by atoms with van der Waals surface area (Å²) in [6.45, 7) is 0.771. The van der Waals surface area contributed by atoms with Gasteiger partial charge in [-0.1, -0.05) is 31.7 Å². The summed E-state index contributed by atoms with van der Waals surface area (Å²) in [5.74, 6) is 0.368. The van der Waals surface area contributed by atoms with Crippen LogP contribution in [0.4, 0.5) is 4.39 Å². The van der Waals surface area contributed by atoms with Gasteiger partial charge in [-0.3, -0.25) is 9.20 Å². The first kappa shape index (κ1) is 15.3. The van der Waals surface area contributed by atoms with E-state index in [1.807, 2.05) is 0 Å². The number of carbonyl (C=O) groups is 1. The van der Waals surface area contributed by atoms with E-state index in [9.17, 15) is 9.18 Å². The van der Waals surface area contributed by atoms with Gasteiger partial charge in [-0.05, 0) is 24.5 Å². The number of rotatable bonds is 3. The molecule has 2 aromatic rings. The van der Waals surface area contributed by atoms with Crippen LogP contribution in [0.15, 0.2) is 24.4 Å². The molecule has 1 amide bonds. The van der Waals surface area contributed by atoms with Gasteiger partial charge in [-0.15, -0.1) is 0 Å². The molecule has 3 heterocycles. The largest absolute Gasteiger partial charge is 0.377 e. The number of hydrogen-bond donors (Lipinski definition) is 1. The molecule has 0 aromatic carbocycles. The molecule has 0 radical (unpaired) electrons. The molecule has 2 aliphatic carbocycles. The number of fused-ring (bicyclic) bond motifs is 2. The maximum atomic E-state index is 14.5. The van der Waals surface area contributed by atoms with Gasteiger partial charge < -0.3 is 10.1 Å². The fourth-order valence-electron chi connectivity index (χ4n) is 5.19. The zero-order chi connectivity index (χ0) is 17.0. The molecule has 6 heteroatoms. The Morgan fingerprint density at radius 1 is 1.28 bits per heavy atom. The number of nitrogens with zero attached hydrogens (tertiary/aromatic N) is 2. The zero-order valence-electron chi connectivity index (χ0n) is 14.0. The molecule has 2 aromatic heterocycles. The van der Waals surface area contributed by atoms with E-state index in [4.69, 9.17) is 4.74 Å². The number of hydrogen-bond acceptors (Lipinski definition) is 3. The molecule has 25 heavy (non-hydrogen) atoms. The Hall–Kier alpha value is -1.95. The second-order valence-electron chi connectivity index (χ2n) is 7.59. The third-order valence-corrected chi connectivity index (χ3v) is 6.37. The molecule has 5 rings (SSSR count). The Kier molecular flexibility index (Phi) is 3.55. The minimum absolute atomic E-state index is 0.0901. The van der Waals surface area contributed by atoms with Gasteiger partial charge in [-0.2, -0.15) is 4.39 Å². The van der Waals surface area contributed by atoms with Crippen molar-refractivity contribution in [2.24, 2.45) is 17.8 Å². The van der Waals surface area contributed by atoms with Crippen LogP contribution in [0.1, 0.15) is 42.6 Å². The van der Waals surface area contributed by atoms with E-state index in [-0.39, 0.29) is 17.8 Å². The molecule has 1 N–H and O–H groups in total. The number of ether oxygens (including phenoxy) is 1. The Bertz CT molecular complexity index is 809. The molecule has 1 aliphatic heterocycles.